The van der Waals surface area contributed by atoms with Gasteiger partial charge in [-0.3, -0.25) is 14.3 Å². The Kier molecular flexibility index (Phi) is 5.03. The van der Waals surface area contributed by atoms with Gasteiger partial charge in [0.25, 0.3) is 0 Å². The van der Waals surface area contributed by atoms with E-state index < -0.39 is 11.7 Å². The molecule has 0 aliphatic rings. The molecule has 118 valence electrons. The topological polar surface area (TPSA) is 76.0 Å². The van der Waals surface area contributed by atoms with Crippen molar-refractivity contribution < 1.29 is 14.0 Å². The smallest absolute Gasteiger partial charge is 0.248 e. The molecule has 1 aromatic heterocycles. The van der Waals surface area contributed by atoms with E-state index in [9.17, 15) is 14.0 Å². The summed E-state index contributed by atoms with van der Waals surface area (Å²) in [5, 5.41) is 8.89. The summed E-state index contributed by atoms with van der Waals surface area (Å²) in [6.45, 7) is 3.29. The molecule has 0 atom stereocenters. The second kappa shape index (κ2) is 7.17. The molecule has 2 N–H and O–H groups in total. The van der Waals surface area contributed by atoms with E-state index in [0.717, 1.165) is 17.8 Å². The number of amides is 2. The van der Waals surface area contributed by atoms with Gasteiger partial charge in [-0.2, -0.15) is 5.10 Å². The summed E-state index contributed by atoms with van der Waals surface area (Å²) in [5.41, 5.74) is 1.08. The van der Waals surface area contributed by atoms with Gasteiger partial charge in [0.2, 0.25) is 11.8 Å². The lowest BCUT2D eigenvalue weighted by Gasteiger charge is -2.07. The van der Waals surface area contributed by atoms with Crippen LogP contribution < -0.4 is 10.6 Å². The number of aromatic nitrogens is 2. The maximum Gasteiger partial charge on any atom is 0.248 e. The average molecular weight is 314 g/mol. The van der Waals surface area contributed by atoms with Crippen molar-refractivity contribution in [3.05, 3.63) is 60.7 Å². The minimum Gasteiger partial charge on any atom is -0.322 e. The predicted octanol–water partition coefficient (Wildman–Crippen LogP) is 2.34. The summed E-state index contributed by atoms with van der Waals surface area (Å²) in [4.78, 5) is 23.1. The average Bonchev–Trinajstić information content (AvgIpc) is 2.93. The first-order valence-electron chi connectivity index (χ1n) is 6.69. The van der Waals surface area contributed by atoms with Gasteiger partial charge in [-0.15, -0.1) is 0 Å². The Hall–Kier alpha value is -3.22. The van der Waals surface area contributed by atoms with E-state index in [4.69, 9.17) is 0 Å². The summed E-state index contributed by atoms with van der Waals surface area (Å²) < 4.78 is 15.2. The largest absolute Gasteiger partial charge is 0.322 e. The molecule has 0 spiro atoms. The number of rotatable bonds is 5. The number of anilines is 2. The zero-order valence-electron chi connectivity index (χ0n) is 12.4. The number of carbonyl (C=O) groups is 2. The first-order valence-corrected chi connectivity index (χ1v) is 6.69. The number of halogens is 1. The minimum atomic E-state index is -0.608. The lowest BCUT2D eigenvalue weighted by molar-refractivity contribution is -0.112. The highest BCUT2D eigenvalue weighted by molar-refractivity contribution is 6.03. The molecule has 2 rings (SSSR count). The standard InChI is InChI=1S/C16H15FN4O2/c1-3-15(22)20-14-10-11(4-6-13(14)17)19-16(23)7-5-12-8-9-18-21(12)2/h3-10H,1H2,2H3,(H,19,23)(H,20,22)/b7-5+. The first-order chi connectivity index (χ1) is 11.0. The van der Waals surface area contributed by atoms with Crippen molar-refractivity contribution in [3.8, 4) is 0 Å². The summed E-state index contributed by atoms with van der Waals surface area (Å²) in [6.07, 6.45) is 5.59. The van der Waals surface area contributed by atoms with Gasteiger partial charge < -0.3 is 10.6 Å². The van der Waals surface area contributed by atoms with E-state index in [1.807, 2.05) is 0 Å². The van der Waals surface area contributed by atoms with Gasteiger partial charge in [0.1, 0.15) is 5.82 Å². The molecule has 2 amide bonds. The molecule has 0 bridgehead atoms. The van der Waals surface area contributed by atoms with E-state index in [1.54, 1.807) is 30.1 Å². The molecule has 1 aromatic carbocycles. The van der Waals surface area contributed by atoms with E-state index in [0.29, 0.717) is 5.69 Å². The van der Waals surface area contributed by atoms with E-state index in [1.165, 1.54) is 18.2 Å². The van der Waals surface area contributed by atoms with Crippen LogP contribution in [0.1, 0.15) is 5.69 Å². The fourth-order valence-electron chi connectivity index (χ4n) is 1.78. The Balaban J connectivity index is 2.07. The van der Waals surface area contributed by atoms with Gasteiger partial charge in [-0.05, 0) is 36.4 Å². The van der Waals surface area contributed by atoms with Crippen molar-refractivity contribution >= 4 is 29.3 Å². The van der Waals surface area contributed by atoms with Crippen molar-refractivity contribution in [1.82, 2.24) is 9.78 Å². The maximum absolute atomic E-state index is 13.6. The summed E-state index contributed by atoms with van der Waals surface area (Å²) in [6, 6.07) is 5.63. The highest BCUT2D eigenvalue weighted by Gasteiger charge is 2.07. The Morgan fingerprint density at radius 1 is 1.26 bits per heavy atom. The normalized spacial score (nSPS) is 10.5. The summed E-state index contributed by atoms with van der Waals surface area (Å²) in [7, 11) is 1.76. The third kappa shape index (κ3) is 4.37. The number of aryl methyl sites for hydroxylation is 1. The molecule has 0 saturated heterocycles. The molecule has 0 unspecified atom stereocenters. The van der Waals surface area contributed by atoms with Crippen LogP contribution in [0.25, 0.3) is 6.08 Å². The molecule has 0 aliphatic carbocycles. The molecule has 2 aromatic rings. The second-order valence-electron chi connectivity index (χ2n) is 4.59. The van der Waals surface area contributed by atoms with Gasteiger partial charge in [-0.1, -0.05) is 6.58 Å². The first kappa shape index (κ1) is 16.2. The lowest BCUT2D eigenvalue weighted by atomic mass is 10.2. The van der Waals surface area contributed by atoms with Crippen LogP contribution >= 0.6 is 0 Å². The van der Waals surface area contributed by atoms with Crippen LogP contribution in [0.4, 0.5) is 15.8 Å². The monoisotopic (exact) mass is 314 g/mol. The molecule has 23 heavy (non-hydrogen) atoms. The quantitative estimate of drug-likeness (QED) is 0.832. The van der Waals surface area contributed by atoms with Crippen molar-refractivity contribution in [2.24, 2.45) is 7.05 Å². The van der Waals surface area contributed by atoms with Crippen LogP contribution in [0.3, 0.4) is 0 Å². The minimum absolute atomic E-state index is 0.0386. The zero-order valence-corrected chi connectivity index (χ0v) is 12.4. The fraction of sp³-hybridized carbons (Fsp3) is 0.0625. The van der Waals surface area contributed by atoms with Crippen LogP contribution in [0.2, 0.25) is 0 Å². The van der Waals surface area contributed by atoms with Crippen LogP contribution in [0.5, 0.6) is 0 Å². The van der Waals surface area contributed by atoms with Gasteiger partial charge in [0, 0.05) is 25.0 Å². The van der Waals surface area contributed by atoms with Crippen molar-refractivity contribution in [2.75, 3.05) is 10.6 Å². The molecule has 0 fully saturated rings. The van der Waals surface area contributed by atoms with Crippen molar-refractivity contribution in [1.29, 1.82) is 0 Å². The Labute approximate surface area is 132 Å². The highest BCUT2D eigenvalue weighted by Crippen LogP contribution is 2.19. The van der Waals surface area contributed by atoms with Gasteiger partial charge in [0.05, 0.1) is 11.4 Å². The highest BCUT2D eigenvalue weighted by atomic mass is 19.1. The van der Waals surface area contributed by atoms with Crippen LogP contribution in [-0.4, -0.2) is 21.6 Å². The number of nitrogens with zero attached hydrogens (tertiary/aromatic N) is 2. The summed E-state index contributed by atoms with van der Waals surface area (Å²) >= 11 is 0. The molecule has 0 radical (unpaired) electrons. The Morgan fingerprint density at radius 2 is 2.04 bits per heavy atom. The number of benzene rings is 1. The van der Waals surface area contributed by atoms with Crippen molar-refractivity contribution in [2.45, 2.75) is 0 Å². The number of nitrogens with one attached hydrogen (secondary N) is 2. The number of hydrogen-bond acceptors (Lipinski definition) is 3. The Morgan fingerprint density at radius 3 is 2.70 bits per heavy atom. The van der Waals surface area contributed by atoms with Gasteiger partial charge in [0.15, 0.2) is 0 Å². The maximum atomic E-state index is 13.6. The third-order valence-electron chi connectivity index (χ3n) is 2.94. The lowest BCUT2D eigenvalue weighted by Crippen LogP contribution is -2.11. The van der Waals surface area contributed by atoms with E-state index in [2.05, 4.69) is 22.3 Å². The Bertz CT molecular complexity index is 780. The SMILES string of the molecule is C=CC(=O)Nc1cc(NC(=O)/C=C/c2ccnn2C)ccc1F. The van der Waals surface area contributed by atoms with Crippen LogP contribution in [0.15, 0.2) is 49.2 Å². The number of carbonyl (C=O) groups excluding carboxylic acids is 2. The van der Waals surface area contributed by atoms with E-state index >= 15 is 0 Å². The second-order valence-corrected chi connectivity index (χ2v) is 4.59. The fourth-order valence-corrected chi connectivity index (χ4v) is 1.78. The zero-order chi connectivity index (χ0) is 16.8. The molecular formula is C16H15FN4O2. The number of hydrogen-bond donors (Lipinski definition) is 2. The molecule has 1 heterocycles. The molecule has 6 nitrogen and oxygen atoms in total. The van der Waals surface area contributed by atoms with E-state index in [-0.39, 0.29) is 11.6 Å². The predicted molar refractivity (Wildman–Crippen MR) is 86.1 cm³/mol. The van der Waals surface area contributed by atoms with Crippen molar-refractivity contribution in [3.63, 3.8) is 0 Å². The molecule has 7 heteroatoms. The van der Waals surface area contributed by atoms with Gasteiger partial charge >= 0.3 is 0 Å². The summed E-state index contributed by atoms with van der Waals surface area (Å²) in [5.74, 6) is -1.54. The molecule has 0 saturated carbocycles. The van der Waals surface area contributed by atoms with Crippen LogP contribution in [-0.2, 0) is 16.6 Å². The third-order valence-corrected chi connectivity index (χ3v) is 2.94. The molecule has 0 aliphatic heterocycles. The van der Waals surface area contributed by atoms with Gasteiger partial charge in [-0.25, -0.2) is 4.39 Å². The van der Waals surface area contributed by atoms with Crippen LogP contribution in [0, 0.1) is 5.82 Å². The molecular weight excluding hydrogens is 299 g/mol.